The highest BCUT2D eigenvalue weighted by atomic mass is 19.3. The van der Waals surface area contributed by atoms with Gasteiger partial charge in [-0.25, -0.2) is 18.7 Å². The van der Waals surface area contributed by atoms with Crippen molar-refractivity contribution in [2.75, 3.05) is 6.54 Å². The average Bonchev–Trinajstić information content (AvgIpc) is 3.49. The second-order valence-electron chi connectivity index (χ2n) is 8.65. The van der Waals surface area contributed by atoms with Crippen LogP contribution in [0.1, 0.15) is 71.2 Å². The summed E-state index contributed by atoms with van der Waals surface area (Å²) in [6.07, 6.45) is -1.07. The molecule has 1 aliphatic rings. The van der Waals surface area contributed by atoms with E-state index in [4.69, 9.17) is 8.83 Å². The highest BCUT2D eigenvalue weighted by molar-refractivity contribution is 5.93. The van der Waals surface area contributed by atoms with Crippen LogP contribution in [0, 0.1) is 6.92 Å². The Kier molecular flexibility index (Phi) is 4.86. The summed E-state index contributed by atoms with van der Waals surface area (Å²) in [6.45, 7) is 4.83. The lowest BCUT2D eigenvalue weighted by atomic mass is 9.99. The van der Waals surface area contributed by atoms with Crippen molar-refractivity contribution in [2.24, 2.45) is 0 Å². The molecule has 1 aliphatic heterocycles. The van der Waals surface area contributed by atoms with E-state index in [-0.39, 0.29) is 12.4 Å². The molecule has 1 amide bonds. The molecule has 4 heterocycles. The Labute approximate surface area is 187 Å². The number of oxazole rings is 1. The first-order valence-electron chi connectivity index (χ1n) is 10.5. The van der Waals surface area contributed by atoms with Gasteiger partial charge in [0.05, 0.1) is 12.0 Å². The topological polar surface area (TPSA) is 108 Å². The van der Waals surface area contributed by atoms with Crippen LogP contribution in [-0.4, -0.2) is 37.4 Å². The number of aryl methyl sites for hydroxylation is 1. The van der Waals surface area contributed by atoms with E-state index in [0.29, 0.717) is 23.5 Å². The van der Waals surface area contributed by atoms with Crippen molar-refractivity contribution in [2.45, 2.75) is 45.3 Å². The zero-order valence-electron chi connectivity index (χ0n) is 18.2. The van der Waals surface area contributed by atoms with Gasteiger partial charge in [-0.3, -0.25) is 4.79 Å². The van der Waals surface area contributed by atoms with Crippen LogP contribution >= 0.6 is 0 Å². The predicted molar refractivity (Wildman–Crippen MR) is 113 cm³/mol. The Morgan fingerprint density at radius 2 is 2.12 bits per heavy atom. The van der Waals surface area contributed by atoms with Crippen LogP contribution in [0.5, 0.6) is 0 Å². The Morgan fingerprint density at radius 1 is 1.33 bits per heavy atom. The van der Waals surface area contributed by atoms with Gasteiger partial charge in [0, 0.05) is 24.0 Å². The molecule has 0 saturated heterocycles. The Hall–Kier alpha value is -3.53. The number of furan rings is 1. The maximum atomic E-state index is 13.7. The number of alkyl halides is 2. The van der Waals surface area contributed by atoms with Gasteiger partial charge < -0.3 is 23.8 Å². The molecular formula is C23H22F2N4O4. The van der Waals surface area contributed by atoms with Crippen molar-refractivity contribution in [1.82, 2.24) is 19.9 Å². The van der Waals surface area contributed by atoms with Crippen molar-refractivity contribution in [1.29, 1.82) is 0 Å². The molecule has 0 bridgehead atoms. The zero-order valence-corrected chi connectivity index (χ0v) is 18.2. The first-order chi connectivity index (χ1) is 15.6. The third-order valence-electron chi connectivity index (χ3n) is 5.79. The number of nitrogens with zero attached hydrogens (tertiary/aromatic N) is 3. The molecule has 4 aromatic rings. The number of carbonyl (C=O) groups excluding carboxylic acids is 1. The molecule has 0 aliphatic carbocycles. The Bertz CT molecular complexity index is 1350. The number of carbonyl (C=O) groups is 1. The van der Waals surface area contributed by atoms with Crippen LogP contribution in [0.15, 0.2) is 39.4 Å². The van der Waals surface area contributed by atoms with Gasteiger partial charge in [-0.2, -0.15) is 0 Å². The summed E-state index contributed by atoms with van der Waals surface area (Å²) < 4.78 is 39.0. The number of para-hydroxylation sites is 1. The van der Waals surface area contributed by atoms with Crippen LogP contribution in [0.3, 0.4) is 0 Å². The van der Waals surface area contributed by atoms with E-state index in [0.717, 1.165) is 16.6 Å². The number of hydrogen-bond acceptors (Lipinski definition) is 6. The first-order valence-corrected chi connectivity index (χ1v) is 10.5. The van der Waals surface area contributed by atoms with E-state index in [1.165, 1.54) is 25.1 Å². The fourth-order valence-electron chi connectivity index (χ4n) is 4.17. The number of rotatable bonds is 4. The number of fused-ring (bicyclic) bond motifs is 2. The molecule has 1 atom stereocenters. The second kappa shape index (κ2) is 7.51. The molecule has 1 aromatic carbocycles. The monoisotopic (exact) mass is 456 g/mol. The SMILES string of the molecule is Cc1cccc2cc([C@@H]3c4nc[nH]c4CCN3C(=O)c3oc(C(C)(C)O)nc3C(F)F)oc12. The van der Waals surface area contributed by atoms with Crippen LogP contribution in [0.2, 0.25) is 0 Å². The van der Waals surface area contributed by atoms with E-state index in [2.05, 4.69) is 15.0 Å². The van der Waals surface area contributed by atoms with Crippen molar-refractivity contribution in [3.05, 3.63) is 70.6 Å². The zero-order chi connectivity index (χ0) is 23.5. The number of aromatic nitrogens is 3. The minimum absolute atomic E-state index is 0.218. The van der Waals surface area contributed by atoms with Crippen LogP contribution < -0.4 is 0 Å². The van der Waals surface area contributed by atoms with Crippen LogP contribution in [0.25, 0.3) is 11.0 Å². The quantitative estimate of drug-likeness (QED) is 0.471. The van der Waals surface area contributed by atoms with Crippen molar-refractivity contribution in [3.8, 4) is 0 Å². The molecule has 0 fully saturated rings. The number of aliphatic hydroxyl groups is 1. The average molecular weight is 456 g/mol. The summed E-state index contributed by atoms with van der Waals surface area (Å²) in [4.78, 5) is 26.1. The van der Waals surface area contributed by atoms with Gasteiger partial charge in [-0.1, -0.05) is 18.2 Å². The van der Waals surface area contributed by atoms with Crippen LogP contribution in [-0.2, 0) is 12.0 Å². The molecule has 3 aromatic heterocycles. The molecule has 8 nitrogen and oxygen atoms in total. The summed E-state index contributed by atoms with van der Waals surface area (Å²) in [6, 6.07) is 6.80. The van der Waals surface area contributed by atoms with Crippen molar-refractivity contribution < 1.29 is 27.5 Å². The molecule has 0 saturated carbocycles. The second-order valence-corrected chi connectivity index (χ2v) is 8.65. The fraction of sp³-hybridized carbons (Fsp3) is 0.348. The van der Waals surface area contributed by atoms with Gasteiger partial charge in [0.1, 0.15) is 23.0 Å². The summed E-state index contributed by atoms with van der Waals surface area (Å²) in [5.41, 5.74) is 0.593. The number of aromatic amines is 1. The summed E-state index contributed by atoms with van der Waals surface area (Å²) in [7, 11) is 0. The number of hydrogen-bond donors (Lipinski definition) is 2. The lowest BCUT2D eigenvalue weighted by Crippen LogP contribution is -2.40. The van der Waals surface area contributed by atoms with E-state index >= 15 is 0 Å². The van der Waals surface area contributed by atoms with Crippen LogP contribution in [0.4, 0.5) is 8.78 Å². The molecule has 2 N–H and O–H groups in total. The third kappa shape index (κ3) is 3.50. The largest absolute Gasteiger partial charge is 0.458 e. The number of H-pyrrole nitrogens is 1. The van der Waals surface area contributed by atoms with Gasteiger partial charge in [-0.05, 0) is 32.4 Å². The number of nitrogens with one attached hydrogen (secondary N) is 1. The molecule has 0 spiro atoms. The Morgan fingerprint density at radius 3 is 2.82 bits per heavy atom. The van der Waals surface area contributed by atoms with E-state index in [1.54, 1.807) is 0 Å². The van der Waals surface area contributed by atoms with Gasteiger partial charge in [0.2, 0.25) is 11.7 Å². The Balaban J connectivity index is 1.63. The highest BCUT2D eigenvalue weighted by Gasteiger charge is 2.41. The van der Waals surface area contributed by atoms with Gasteiger partial charge in [-0.15, -0.1) is 0 Å². The van der Waals surface area contributed by atoms with Crippen molar-refractivity contribution >= 4 is 16.9 Å². The number of imidazole rings is 1. The number of halogens is 2. The minimum atomic E-state index is -3.05. The minimum Gasteiger partial charge on any atom is -0.458 e. The number of benzene rings is 1. The van der Waals surface area contributed by atoms with Gasteiger partial charge in [0.25, 0.3) is 12.3 Å². The highest BCUT2D eigenvalue weighted by Crippen LogP contribution is 2.39. The molecule has 10 heteroatoms. The van der Waals surface area contributed by atoms with E-state index in [1.807, 2.05) is 31.2 Å². The maximum absolute atomic E-state index is 13.7. The van der Waals surface area contributed by atoms with E-state index in [9.17, 15) is 18.7 Å². The molecule has 33 heavy (non-hydrogen) atoms. The predicted octanol–water partition coefficient (Wildman–Crippen LogP) is 4.41. The maximum Gasteiger partial charge on any atom is 0.292 e. The summed E-state index contributed by atoms with van der Waals surface area (Å²) in [5, 5.41) is 11.0. The van der Waals surface area contributed by atoms with Gasteiger partial charge in [0.15, 0.2) is 5.69 Å². The van der Waals surface area contributed by atoms with Gasteiger partial charge >= 0.3 is 0 Å². The molecule has 172 valence electrons. The number of amides is 1. The van der Waals surface area contributed by atoms with E-state index < -0.39 is 35.4 Å². The van der Waals surface area contributed by atoms with Crippen molar-refractivity contribution in [3.63, 3.8) is 0 Å². The molecular weight excluding hydrogens is 434 g/mol. The first kappa shape index (κ1) is 21.3. The summed E-state index contributed by atoms with van der Waals surface area (Å²) >= 11 is 0. The standard InChI is InChI=1S/C23H22F2N4O4/c1-11-5-4-6-12-9-14(32-18(11)12)17-15-13(26-10-27-15)7-8-29(17)21(30)19-16(20(24)25)28-22(33-19)23(2,3)31/h4-6,9-10,17,20,31H,7-8H2,1-3H3,(H,26,27)/t17-/m1/s1. The lowest BCUT2D eigenvalue weighted by Gasteiger charge is -2.33. The smallest absolute Gasteiger partial charge is 0.292 e. The normalized spacial score (nSPS) is 16.6. The lowest BCUT2D eigenvalue weighted by molar-refractivity contribution is 0.0437. The third-order valence-corrected chi connectivity index (χ3v) is 5.79. The molecule has 0 unspecified atom stereocenters. The summed E-state index contributed by atoms with van der Waals surface area (Å²) in [5.74, 6) is -1.27. The molecule has 0 radical (unpaired) electrons. The fourth-order valence-corrected chi connectivity index (χ4v) is 4.17. The molecule has 5 rings (SSSR count).